The molecule has 1 saturated carbocycles. The minimum absolute atomic E-state index is 0.0108. The number of fused-ring (bicyclic) bond motifs is 2. The van der Waals surface area contributed by atoms with Crippen molar-refractivity contribution < 1.29 is 19.4 Å². The van der Waals surface area contributed by atoms with Crippen molar-refractivity contribution in [3.05, 3.63) is 52.8 Å². The fraction of sp³-hybridized carbons (Fsp3) is 0.444. The second-order valence-electron chi connectivity index (χ2n) is 10.0. The molecule has 182 valence electrons. The number of aryl methyl sites for hydroxylation is 1. The maximum atomic E-state index is 12.8. The Bertz CT molecular complexity index is 1310. The van der Waals surface area contributed by atoms with Crippen LogP contribution in [0.4, 0.5) is 4.79 Å². The van der Waals surface area contributed by atoms with Crippen LogP contribution in [-0.2, 0) is 22.5 Å². The average Bonchev–Trinajstić information content (AvgIpc) is 3.43. The molecule has 1 aromatic carbocycles. The predicted octanol–water partition coefficient (Wildman–Crippen LogP) is 4.42. The van der Waals surface area contributed by atoms with Gasteiger partial charge in [-0.15, -0.1) is 0 Å². The van der Waals surface area contributed by atoms with Gasteiger partial charge in [0.05, 0.1) is 12.1 Å². The van der Waals surface area contributed by atoms with Crippen molar-refractivity contribution in [2.24, 2.45) is 0 Å². The third-order valence-electron chi connectivity index (χ3n) is 7.63. The van der Waals surface area contributed by atoms with Crippen LogP contribution >= 0.6 is 0 Å². The lowest BCUT2D eigenvalue weighted by Crippen LogP contribution is -2.39. The van der Waals surface area contributed by atoms with E-state index in [0.717, 1.165) is 71.0 Å². The first-order chi connectivity index (χ1) is 17.0. The molecule has 0 spiro atoms. The van der Waals surface area contributed by atoms with E-state index in [9.17, 15) is 14.7 Å². The van der Waals surface area contributed by atoms with Gasteiger partial charge in [0.15, 0.2) is 0 Å². The fourth-order valence-electron chi connectivity index (χ4n) is 5.50. The summed E-state index contributed by atoms with van der Waals surface area (Å²) >= 11 is 0. The second kappa shape index (κ2) is 8.68. The molecule has 1 aliphatic carbocycles. The van der Waals surface area contributed by atoms with Gasteiger partial charge in [-0.25, -0.2) is 9.78 Å². The summed E-state index contributed by atoms with van der Waals surface area (Å²) in [7, 11) is 0. The fourth-order valence-corrected chi connectivity index (χ4v) is 5.50. The van der Waals surface area contributed by atoms with Gasteiger partial charge in [0.25, 0.3) is 0 Å². The number of ether oxygens (including phenoxy) is 1. The Balaban J connectivity index is 1.39. The molecule has 8 nitrogen and oxygen atoms in total. The molecule has 35 heavy (non-hydrogen) atoms. The normalized spacial score (nSPS) is 19.9. The summed E-state index contributed by atoms with van der Waals surface area (Å²) in [6.45, 7) is 3.86. The molecule has 6 rings (SSSR count). The van der Waals surface area contributed by atoms with Crippen molar-refractivity contribution >= 4 is 23.0 Å². The summed E-state index contributed by atoms with van der Waals surface area (Å²) < 4.78 is 5.66. The molecule has 3 aliphatic rings. The number of pyridine rings is 1. The Morgan fingerprint density at radius 1 is 1.17 bits per heavy atom. The first-order valence-corrected chi connectivity index (χ1v) is 12.5. The Hall–Kier alpha value is -3.39. The van der Waals surface area contributed by atoms with Gasteiger partial charge in [-0.05, 0) is 79.0 Å². The SMILES string of the molecule is Cc1c[nH]c2ncc(-c3cc4c(c([C@@H]5CCCN5C(=O)O)c3)CN(C(=O)COC3CC3)CC4)cc12. The van der Waals surface area contributed by atoms with Crippen molar-refractivity contribution in [3.63, 3.8) is 0 Å². The highest BCUT2D eigenvalue weighted by atomic mass is 16.5. The number of carboxylic acid groups (broad SMARTS) is 1. The predicted molar refractivity (Wildman–Crippen MR) is 131 cm³/mol. The standard InChI is InChI=1S/C27H30N4O4/c1-16-12-28-26-21(16)11-19(13-29-26)18-9-17-6-8-30(25(32)15-35-20-4-5-20)14-23(17)22(10-18)24-3-2-7-31(24)27(33)34/h9-13,20,24H,2-8,14-15H2,1H3,(H,28,29)(H,33,34)/t24-/m0/s1. The van der Waals surface area contributed by atoms with Gasteiger partial charge in [0.1, 0.15) is 12.3 Å². The third-order valence-corrected chi connectivity index (χ3v) is 7.63. The maximum absolute atomic E-state index is 12.8. The van der Waals surface area contributed by atoms with Crippen LogP contribution in [0.25, 0.3) is 22.2 Å². The molecule has 4 heterocycles. The molecule has 2 N–H and O–H groups in total. The van der Waals surface area contributed by atoms with Crippen LogP contribution in [0.5, 0.6) is 0 Å². The average molecular weight is 475 g/mol. The van der Waals surface area contributed by atoms with E-state index in [1.807, 2.05) is 17.3 Å². The van der Waals surface area contributed by atoms with Crippen LogP contribution in [0.15, 0.2) is 30.6 Å². The van der Waals surface area contributed by atoms with Crippen LogP contribution in [-0.4, -0.2) is 62.7 Å². The van der Waals surface area contributed by atoms with Crippen molar-refractivity contribution in [1.82, 2.24) is 19.8 Å². The number of aromatic nitrogens is 2. The quantitative estimate of drug-likeness (QED) is 0.571. The lowest BCUT2D eigenvalue weighted by molar-refractivity contribution is -0.137. The number of amides is 2. The number of hydrogen-bond acceptors (Lipinski definition) is 4. The molecule has 2 amide bonds. The number of aromatic amines is 1. The third kappa shape index (κ3) is 4.16. The summed E-state index contributed by atoms with van der Waals surface area (Å²) in [5.41, 5.74) is 7.35. The number of benzene rings is 1. The van der Waals surface area contributed by atoms with Gasteiger partial charge in [0, 0.05) is 43.0 Å². The zero-order chi connectivity index (χ0) is 24.1. The summed E-state index contributed by atoms with van der Waals surface area (Å²) in [5.74, 6) is 0.0108. The number of nitrogens with zero attached hydrogens (tertiary/aromatic N) is 3. The Labute approximate surface area is 203 Å². The number of hydrogen-bond donors (Lipinski definition) is 2. The Morgan fingerprint density at radius 3 is 2.83 bits per heavy atom. The van der Waals surface area contributed by atoms with E-state index in [-0.39, 0.29) is 24.7 Å². The lowest BCUT2D eigenvalue weighted by atomic mass is 9.86. The van der Waals surface area contributed by atoms with Crippen LogP contribution in [0.2, 0.25) is 0 Å². The van der Waals surface area contributed by atoms with Gasteiger partial charge < -0.3 is 24.6 Å². The highest BCUT2D eigenvalue weighted by molar-refractivity contribution is 5.85. The molecule has 8 heteroatoms. The molecule has 0 unspecified atom stereocenters. The summed E-state index contributed by atoms with van der Waals surface area (Å²) in [5, 5.41) is 10.9. The number of nitrogens with one attached hydrogen (secondary N) is 1. The van der Waals surface area contributed by atoms with E-state index < -0.39 is 6.09 Å². The Morgan fingerprint density at radius 2 is 2.03 bits per heavy atom. The first-order valence-electron chi connectivity index (χ1n) is 12.5. The van der Waals surface area contributed by atoms with E-state index in [1.165, 1.54) is 5.56 Å². The summed E-state index contributed by atoms with van der Waals surface area (Å²) in [6.07, 6.45) is 7.63. The van der Waals surface area contributed by atoms with Crippen molar-refractivity contribution in [2.75, 3.05) is 19.7 Å². The summed E-state index contributed by atoms with van der Waals surface area (Å²) in [4.78, 5) is 36.1. The minimum Gasteiger partial charge on any atom is -0.465 e. The zero-order valence-corrected chi connectivity index (χ0v) is 19.9. The van der Waals surface area contributed by atoms with Gasteiger partial charge in [-0.2, -0.15) is 0 Å². The lowest BCUT2D eigenvalue weighted by Gasteiger charge is -2.33. The van der Waals surface area contributed by atoms with Crippen LogP contribution < -0.4 is 0 Å². The molecule has 2 aromatic heterocycles. The minimum atomic E-state index is -0.890. The summed E-state index contributed by atoms with van der Waals surface area (Å²) in [6, 6.07) is 6.28. The van der Waals surface area contributed by atoms with Crippen molar-refractivity contribution in [3.8, 4) is 11.1 Å². The van der Waals surface area contributed by atoms with E-state index in [2.05, 4.69) is 35.1 Å². The van der Waals surface area contributed by atoms with E-state index in [0.29, 0.717) is 19.6 Å². The second-order valence-corrected chi connectivity index (χ2v) is 10.0. The first kappa shape index (κ1) is 22.1. The number of rotatable bonds is 5. The van der Waals surface area contributed by atoms with Gasteiger partial charge in [-0.3, -0.25) is 4.79 Å². The molecule has 1 atom stereocenters. The highest BCUT2D eigenvalue weighted by Gasteiger charge is 2.34. The molecular formula is C27H30N4O4. The van der Waals surface area contributed by atoms with Gasteiger partial charge >= 0.3 is 6.09 Å². The van der Waals surface area contributed by atoms with Crippen LogP contribution in [0, 0.1) is 6.92 Å². The number of H-pyrrole nitrogens is 1. The molecule has 0 radical (unpaired) electrons. The monoisotopic (exact) mass is 474 g/mol. The molecule has 1 saturated heterocycles. The largest absolute Gasteiger partial charge is 0.465 e. The van der Waals surface area contributed by atoms with Crippen molar-refractivity contribution in [1.29, 1.82) is 0 Å². The van der Waals surface area contributed by atoms with E-state index in [1.54, 1.807) is 4.90 Å². The molecular weight excluding hydrogens is 444 g/mol. The number of carbonyl (C=O) groups excluding carboxylic acids is 1. The van der Waals surface area contributed by atoms with Crippen LogP contribution in [0.1, 0.15) is 54.0 Å². The molecule has 2 aliphatic heterocycles. The topological polar surface area (TPSA) is 98.8 Å². The molecule has 3 aromatic rings. The van der Waals surface area contributed by atoms with Crippen LogP contribution in [0.3, 0.4) is 0 Å². The molecule has 0 bridgehead atoms. The maximum Gasteiger partial charge on any atom is 0.407 e. The Kier molecular flexibility index (Phi) is 5.48. The number of carbonyl (C=O) groups is 2. The highest BCUT2D eigenvalue weighted by Crippen LogP contribution is 2.40. The zero-order valence-electron chi connectivity index (χ0n) is 19.9. The number of likely N-dealkylation sites (tertiary alicyclic amines) is 1. The van der Waals surface area contributed by atoms with Gasteiger partial charge in [0.2, 0.25) is 5.91 Å². The van der Waals surface area contributed by atoms with E-state index in [4.69, 9.17) is 4.74 Å². The van der Waals surface area contributed by atoms with Crippen molar-refractivity contribution in [2.45, 2.75) is 57.7 Å². The molecule has 2 fully saturated rings. The smallest absolute Gasteiger partial charge is 0.407 e. The van der Waals surface area contributed by atoms with Gasteiger partial charge in [-0.1, -0.05) is 6.07 Å². The van der Waals surface area contributed by atoms with E-state index >= 15 is 0 Å².